The Balaban J connectivity index is 1.30. The second-order valence-corrected chi connectivity index (χ2v) is 9.90. The number of hydrogen-bond donors (Lipinski definition) is 1. The molecule has 1 saturated heterocycles. The molecule has 1 aliphatic carbocycles. The summed E-state index contributed by atoms with van der Waals surface area (Å²) in [5, 5.41) is 13.7. The first-order valence-corrected chi connectivity index (χ1v) is 12.8. The Morgan fingerprint density at radius 1 is 0.973 bits per heavy atom. The topological polar surface area (TPSA) is 88.8 Å². The predicted molar refractivity (Wildman–Crippen MR) is 143 cm³/mol. The van der Waals surface area contributed by atoms with Gasteiger partial charge in [-0.3, -0.25) is 14.6 Å². The normalized spacial score (nSPS) is 16.1. The number of β-amino-alcohol motifs (C(OH)–C–C–N with tert-alkyl or cyclic N) is 1. The van der Waals surface area contributed by atoms with Crippen LogP contribution in [0.3, 0.4) is 0 Å². The molecule has 0 unspecified atom stereocenters. The molecule has 2 fully saturated rings. The maximum Gasteiger partial charge on any atom is 0.124 e. The van der Waals surface area contributed by atoms with Gasteiger partial charge < -0.3 is 19.5 Å². The minimum Gasteiger partial charge on any atom is -0.497 e. The molecule has 3 heterocycles. The van der Waals surface area contributed by atoms with Crippen LogP contribution in [0.25, 0.3) is 22.3 Å². The van der Waals surface area contributed by atoms with E-state index in [0.29, 0.717) is 18.5 Å². The quantitative estimate of drug-likeness (QED) is 0.351. The van der Waals surface area contributed by atoms with Crippen molar-refractivity contribution in [2.45, 2.75) is 18.9 Å². The molecule has 1 aliphatic heterocycles. The van der Waals surface area contributed by atoms with Crippen molar-refractivity contribution < 1.29 is 14.6 Å². The van der Waals surface area contributed by atoms with Crippen LogP contribution in [0.4, 0.5) is 11.4 Å². The summed E-state index contributed by atoms with van der Waals surface area (Å²) in [5.74, 6) is 2.21. The third kappa shape index (κ3) is 4.97. The molecule has 0 amide bonds. The summed E-state index contributed by atoms with van der Waals surface area (Å²) in [6.45, 7) is 3.63. The lowest BCUT2D eigenvalue weighted by Crippen LogP contribution is -2.48. The van der Waals surface area contributed by atoms with Crippen LogP contribution in [-0.2, 0) is 0 Å². The van der Waals surface area contributed by atoms with E-state index >= 15 is 0 Å². The van der Waals surface area contributed by atoms with Crippen LogP contribution in [0.2, 0.25) is 0 Å². The van der Waals surface area contributed by atoms with Gasteiger partial charge in [-0.1, -0.05) is 0 Å². The van der Waals surface area contributed by atoms with Crippen molar-refractivity contribution in [1.82, 2.24) is 24.6 Å². The van der Waals surface area contributed by atoms with E-state index in [1.54, 1.807) is 14.2 Å². The number of fused-ring (bicyclic) bond motifs is 1. The van der Waals surface area contributed by atoms with Gasteiger partial charge in [-0.25, -0.2) is 4.98 Å². The van der Waals surface area contributed by atoms with Crippen molar-refractivity contribution in [2.24, 2.45) is 5.92 Å². The third-order valence-electron chi connectivity index (χ3n) is 7.25. The number of ether oxygens (including phenoxy) is 2. The van der Waals surface area contributed by atoms with Crippen molar-refractivity contribution in [2.75, 3.05) is 51.9 Å². The molecule has 9 heteroatoms. The molecule has 192 valence electrons. The largest absolute Gasteiger partial charge is 0.497 e. The lowest BCUT2D eigenvalue weighted by atomic mass is 10.1. The average molecular weight is 501 g/mol. The SMILES string of the molecule is COc1cc(OC)cc(N(CC2CC2)c2ccc3ncc(-c4cnn(C5CN(CCO)C5)c4)nc3c2)c1. The van der Waals surface area contributed by atoms with Gasteiger partial charge in [-0.15, -0.1) is 0 Å². The number of anilines is 2. The fourth-order valence-electron chi connectivity index (χ4n) is 4.88. The molecule has 4 aromatic rings. The van der Waals surface area contributed by atoms with Gasteiger partial charge in [0.1, 0.15) is 11.5 Å². The monoisotopic (exact) mass is 500 g/mol. The van der Waals surface area contributed by atoms with Crippen LogP contribution in [0.5, 0.6) is 11.5 Å². The number of aliphatic hydroxyl groups is 1. The molecule has 2 aliphatic rings. The number of methoxy groups -OCH3 is 2. The fraction of sp³-hybridized carbons (Fsp3) is 0.393. The van der Waals surface area contributed by atoms with Crippen LogP contribution in [0.15, 0.2) is 55.0 Å². The predicted octanol–water partition coefficient (Wildman–Crippen LogP) is 3.91. The van der Waals surface area contributed by atoms with Crippen LogP contribution in [-0.4, -0.2) is 76.8 Å². The molecule has 0 bridgehead atoms. The highest BCUT2D eigenvalue weighted by Gasteiger charge is 2.28. The maximum absolute atomic E-state index is 9.12. The Bertz CT molecular complexity index is 1370. The molecular weight excluding hydrogens is 468 g/mol. The Morgan fingerprint density at radius 2 is 1.76 bits per heavy atom. The number of benzene rings is 2. The van der Waals surface area contributed by atoms with Gasteiger partial charge in [-0.2, -0.15) is 5.10 Å². The van der Waals surface area contributed by atoms with E-state index in [0.717, 1.165) is 64.8 Å². The van der Waals surface area contributed by atoms with Crippen molar-refractivity contribution in [3.63, 3.8) is 0 Å². The van der Waals surface area contributed by atoms with E-state index in [1.165, 1.54) is 12.8 Å². The number of hydrogen-bond acceptors (Lipinski definition) is 8. The summed E-state index contributed by atoms with van der Waals surface area (Å²) in [7, 11) is 3.35. The fourth-order valence-corrected chi connectivity index (χ4v) is 4.88. The van der Waals surface area contributed by atoms with Crippen molar-refractivity contribution >= 4 is 22.4 Å². The van der Waals surface area contributed by atoms with Gasteiger partial charge in [0.25, 0.3) is 0 Å². The molecule has 2 aromatic heterocycles. The Morgan fingerprint density at radius 3 is 2.46 bits per heavy atom. The second kappa shape index (κ2) is 9.99. The lowest BCUT2D eigenvalue weighted by Gasteiger charge is -2.38. The van der Waals surface area contributed by atoms with Gasteiger partial charge >= 0.3 is 0 Å². The first kappa shape index (κ1) is 23.7. The van der Waals surface area contributed by atoms with Gasteiger partial charge in [-0.05, 0) is 37.0 Å². The highest BCUT2D eigenvalue weighted by Crippen LogP contribution is 2.38. The zero-order valence-electron chi connectivity index (χ0n) is 21.2. The zero-order chi connectivity index (χ0) is 25.4. The molecule has 1 N–H and O–H groups in total. The summed E-state index contributed by atoms with van der Waals surface area (Å²) in [5.41, 5.74) is 5.55. The van der Waals surface area contributed by atoms with Gasteiger partial charge in [0.15, 0.2) is 0 Å². The number of rotatable bonds is 10. The van der Waals surface area contributed by atoms with Crippen LogP contribution >= 0.6 is 0 Å². The molecule has 1 saturated carbocycles. The lowest BCUT2D eigenvalue weighted by molar-refractivity contribution is 0.0774. The van der Waals surface area contributed by atoms with Crippen LogP contribution < -0.4 is 14.4 Å². The highest BCUT2D eigenvalue weighted by molar-refractivity contribution is 5.82. The molecule has 2 aromatic carbocycles. The average Bonchev–Trinajstić information content (AvgIpc) is 3.61. The first-order chi connectivity index (χ1) is 18.1. The van der Waals surface area contributed by atoms with Gasteiger partial charge in [0.05, 0.1) is 56.0 Å². The molecule has 9 nitrogen and oxygen atoms in total. The van der Waals surface area contributed by atoms with Crippen LogP contribution in [0.1, 0.15) is 18.9 Å². The van der Waals surface area contributed by atoms with E-state index in [9.17, 15) is 0 Å². The summed E-state index contributed by atoms with van der Waals surface area (Å²) < 4.78 is 13.1. The Kier molecular flexibility index (Phi) is 6.40. The van der Waals surface area contributed by atoms with Crippen LogP contribution in [0, 0.1) is 5.92 Å². The van der Waals surface area contributed by atoms with E-state index < -0.39 is 0 Å². The molecular formula is C28H32N6O3. The van der Waals surface area contributed by atoms with Crippen molar-refractivity contribution in [3.8, 4) is 22.8 Å². The standard InChI is InChI=1S/C28H32N6O3/c1-36-24-9-22(10-25(12-24)37-2)33(15-19-3-4-19)21-5-6-26-27(11-21)31-28(14-29-26)20-13-30-34(16-20)23-17-32(18-23)7-8-35/h5-6,9-14,16,19,23,35H,3-4,7-8,15,17-18H2,1-2H3. The Labute approximate surface area is 216 Å². The van der Waals surface area contributed by atoms with E-state index in [-0.39, 0.29) is 6.61 Å². The van der Waals surface area contributed by atoms with Crippen molar-refractivity contribution in [1.29, 1.82) is 0 Å². The van der Waals surface area contributed by atoms with Gasteiger partial charge in [0.2, 0.25) is 0 Å². The third-order valence-corrected chi connectivity index (χ3v) is 7.25. The van der Waals surface area contributed by atoms with Gasteiger partial charge in [0, 0.05) is 67.5 Å². The van der Waals surface area contributed by atoms with E-state index in [1.807, 2.05) is 47.5 Å². The summed E-state index contributed by atoms with van der Waals surface area (Å²) in [6, 6.07) is 12.6. The number of aliphatic hydroxyl groups excluding tert-OH is 1. The highest BCUT2D eigenvalue weighted by atomic mass is 16.5. The molecule has 0 spiro atoms. The van der Waals surface area contributed by atoms with E-state index in [4.69, 9.17) is 19.6 Å². The molecule has 0 radical (unpaired) electrons. The number of likely N-dealkylation sites (tertiary alicyclic amines) is 1. The zero-order valence-corrected chi connectivity index (χ0v) is 21.2. The summed E-state index contributed by atoms with van der Waals surface area (Å²) in [6.07, 6.45) is 8.21. The first-order valence-electron chi connectivity index (χ1n) is 12.8. The maximum atomic E-state index is 9.12. The minimum atomic E-state index is 0.190. The smallest absolute Gasteiger partial charge is 0.124 e. The Hall–Kier alpha value is -3.69. The number of aromatic nitrogens is 4. The molecule has 37 heavy (non-hydrogen) atoms. The second-order valence-electron chi connectivity index (χ2n) is 9.90. The number of nitrogens with zero attached hydrogens (tertiary/aromatic N) is 6. The van der Waals surface area contributed by atoms with Crippen molar-refractivity contribution in [3.05, 3.63) is 55.0 Å². The van der Waals surface area contributed by atoms with E-state index in [2.05, 4.69) is 32.0 Å². The summed E-state index contributed by atoms with van der Waals surface area (Å²) in [4.78, 5) is 14.2. The minimum absolute atomic E-state index is 0.190. The summed E-state index contributed by atoms with van der Waals surface area (Å²) >= 11 is 0. The molecule has 6 rings (SSSR count). The molecule has 0 atom stereocenters.